The number of carbonyl (C=O) groups is 1. The van der Waals surface area contributed by atoms with Gasteiger partial charge in [0.2, 0.25) is 5.95 Å². The number of hydrogen-bond acceptors (Lipinski definition) is 8. The highest BCUT2D eigenvalue weighted by Gasteiger charge is 2.40. The van der Waals surface area contributed by atoms with Crippen molar-refractivity contribution in [2.24, 2.45) is 0 Å². The fraction of sp³-hybridized carbons (Fsp3) is 0.737. The van der Waals surface area contributed by atoms with Crippen LogP contribution in [0, 0.1) is 0 Å². The third-order valence-electron chi connectivity index (χ3n) is 5.66. The Labute approximate surface area is 165 Å². The predicted octanol–water partition coefficient (Wildman–Crippen LogP) is 1.85. The van der Waals surface area contributed by atoms with Gasteiger partial charge in [-0.3, -0.25) is 0 Å². The molecule has 1 aromatic rings. The monoisotopic (exact) mass is 391 g/mol. The summed E-state index contributed by atoms with van der Waals surface area (Å²) in [5, 5.41) is 3.42. The average molecular weight is 391 g/mol. The van der Waals surface area contributed by atoms with E-state index in [1.807, 2.05) is 13.0 Å². The van der Waals surface area contributed by atoms with Crippen LogP contribution in [0.1, 0.15) is 32.6 Å². The zero-order valence-corrected chi connectivity index (χ0v) is 16.4. The van der Waals surface area contributed by atoms with Crippen LogP contribution < -0.4 is 10.2 Å². The van der Waals surface area contributed by atoms with Gasteiger partial charge in [0, 0.05) is 51.3 Å². The quantitative estimate of drug-likeness (QED) is 0.832. The maximum absolute atomic E-state index is 11.8. The van der Waals surface area contributed by atoms with Gasteiger partial charge in [-0.1, -0.05) is 0 Å². The van der Waals surface area contributed by atoms with Crippen LogP contribution in [0.4, 0.5) is 16.6 Å². The normalized spacial score (nSPS) is 22.5. The summed E-state index contributed by atoms with van der Waals surface area (Å²) in [5.74, 6) is 1.19. The van der Waals surface area contributed by atoms with Gasteiger partial charge in [-0.25, -0.2) is 9.78 Å². The van der Waals surface area contributed by atoms with Crippen LogP contribution >= 0.6 is 0 Å². The van der Waals surface area contributed by atoms with E-state index < -0.39 is 0 Å². The fourth-order valence-corrected chi connectivity index (χ4v) is 4.06. The number of nitrogens with zero attached hydrogens (tertiary/aromatic N) is 4. The van der Waals surface area contributed by atoms with Crippen molar-refractivity contribution < 1.29 is 19.0 Å². The van der Waals surface area contributed by atoms with E-state index in [9.17, 15) is 4.79 Å². The molecule has 0 aliphatic carbocycles. The molecular weight excluding hydrogens is 362 g/mol. The molecule has 4 rings (SSSR count). The number of ether oxygens (including phenoxy) is 3. The fourth-order valence-electron chi connectivity index (χ4n) is 4.06. The van der Waals surface area contributed by atoms with Crippen molar-refractivity contribution in [1.82, 2.24) is 14.9 Å². The van der Waals surface area contributed by atoms with Crippen molar-refractivity contribution in [3.8, 4) is 0 Å². The summed E-state index contributed by atoms with van der Waals surface area (Å²) in [4.78, 5) is 24.9. The molecule has 154 valence electrons. The standard InChI is InChI=1S/C19H29N5O4/c1-2-26-18(25)24-9-4-15(5-10-24)21-17-20-8-3-16(22-17)23-11-6-19(7-12-23)27-13-14-28-19/h3,8,15H,2,4-7,9-14H2,1H3,(H,20,21,22). The minimum atomic E-state index is -0.377. The van der Waals surface area contributed by atoms with E-state index in [0.29, 0.717) is 38.9 Å². The molecule has 0 atom stereocenters. The second kappa shape index (κ2) is 8.48. The highest BCUT2D eigenvalue weighted by Crippen LogP contribution is 2.32. The minimum Gasteiger partial charge on any atom is -0.450 e. The number of hydrogen-bond donors (Lipinski definition) is 1. The summed E-state index contributed by atoms with van der Waals surface area (Å²) in [6.45, 7) is 6.70. The zero-order valence-electron chi connectivity index (χ0n) is 16.4. The van der Waals surface area contributed by atoms with Crippen LogP contribution in [-0.4, -0.2) is 78.8 Å². The van der Waals surface area contributed by atoms with Crippen molar-refractivity contribution in [2.75, 3.05) is 56.2 Å². The maximum atomic E-state index is 11.8. The van der Waals surface area contributed by atoms with Gasteiger partial charge >= 0.3 is 6.09 Å². The van der Waals surface area contributed by atoms with Crippen molar-refractivity contribution in [1.29, 1.82) is 0 Å². The molecule has 9 nitrogen and oxygen atoms in total. The number of likely N-dealkylation sites (tertiary alicyclic amines) is 1. The summed E-state index contributed by atoms with van der Waals surface area (Å²) in [6.07, 6.45) is 4.99. The van der Waals surface area contributed by atoms with E-state index in [0.717, 1.165) is 44.6 Å². The molecule has 3 aliphatic rings. The lowest BCUT2D eigenvalue weighted by Gasteiger charge is -2.38. The summed E-state index contributed by atoms with van der Waals surface area (Å²) >= 11 is 0. The highest BCUT2D eigenvalue weighted by molar-refractivity contribution is 5.67. The maximum Gasteiger partial charge on any atom is 0.409 e. The smallest absolute Gasteiger partial charge is 0.409 e. The van der Waals surface area contributed by atoms with Gasteiger partial charge < -0.3 is 29.3 Å². The van der Waals surface area contributed by atoms with Crippen LogP contribution in [0.2, 0.25) is 0 Å². The van der Waals surface area contributed by atoms with Gasteiger partial charge in [-0.2, -0.15) is 4.98 Å². The van der Waals surface area contributed by atoms with E-state index in [4.69, 9.17) is 19.2 Å². The molecule has 0 aromatic carbocycles. The number of nitrogens with one attached hydrogen (secondary N) is 1. The van der Waals surface area contributed by atoms with Crippen molar-refractivity contribution in [3.05, 3.63) is 12.3 Å². The Bertz CT molecular complexity index is 664. The first-order valence-electron chi connectivity index (χ1n) is 10.2. The van der Waals surface area contributed by atoms with E-state index >= 15 is 0 Å². The van der Waals surface area contributed by atoms with Gasteiger partial charge in [-0.05, 0) is 25.8 Å². The number of piperidine rings is 2. The molecule has 0 unspecified atom stereocenters. The highest BCUT2D eigenvalue weighted by atomic mass is 16.7. The lowest BCUT2D eigenvalue weighted by molar-refractivity contribution is -0.169. The Kier molecular flexibility index (Phi) is 5.82. The molecule has 0 saturated carbocycles. The van der Waals surface area contributed by atoms with Gasteiger partial charge in [0.1, 0.15) is 5.82 Å². The molecule has 28 heavy (non-hydrogen) atoms. The molecule has 4 heterocycles. The number of rotatable bonds is 4. The molecule has 3 saturated heterocycles. The molecule has 0 bridgehead atoms. The zero-order chi connectivity index (χ0) is 19.4. The van der Waals surface area contributed by atoms with E-state index in [1.54, 1.807) is 11.1 Å². The van der Waals surface area contributed by atoms with Crippen LogP contribution in [0.5, 0.6) is 0 Å². The van der Waals surface area contributed by atoms with Crippen LogP contribution in [0.15, 0.2) is 12.3 Å². The van der Waals surface area contributed by atoms with E-state index in [1.165, 1.54) is 0 Å². The van der Waals surface area contributed by atoms with Crippen molar-refractivity contribution in [3.63, 3.8) is 0 Å². The Morgan fingerprint density at radius 2 is 1.96 bits per heavy atom. The second-order valence-corrected chi connectivity index (χ2v) is 7.44. The second-order valence-electron chi connectivity index (χ2n) is 7.44. The van der Waals surface area contributed by atoms with Crippen LogP contribution in [-0.2, 0) is 14.2 Å². The number of amides is 1. The molecule has 9 heteroatoms. The number of anilines is 2. The molecular formula is C19H29N5O4. The number of aromatic nitrogens is 2. The average Bonchev–Trinajstić information content (AvgIpc) is 3.17. The Hall–Kier alpha value is -2.13. The SMILES string of the molecule is CCOC(=O)N1CCC(Nc2nccc(N3CCC4(CC3)OCCO4)n2)CC1. The summed E-state index contributed by atoms with van der Waals surface area (Å²) < 4.78 is 16.7. The third kappa shape index (κ3) is 4.30. The van der Waals surface area contributed by atoms with Crippen LogP contribution in [0.3, 0.4) is 0 Å². The van der Waals surface area contributed by atoms with Crippen LogP contribution in [0.25, 0.3) is 0 Å². The predicted molar refractivity (Wildman–Crippen MR) is 103 cm³/mol. The summed E-state index contributed by atoms with van der Waals surface area (Å²) in [7, 11) is 0. The minimum absolute atomic E-state index is 0.225. The van der Waals surface area contributed by atoms with E-state index in [-0.39, 0.29) is 17.9 Å². The van der Waals surface area contributed by atoms with Crippen molar-refractivity contribution in [2.45, 2.75) is 44.4 Å². The molecule has 3 aliphatic heterocycles. The Morgan fingerprint density at radius 3 is 2.64 bits per heavy atom. The van der Waals surface area contributed by atoms with Gasteiger partial charge in [0.05, 0.1) is 19.8 Å². The first-order chi connectivity index (χ1) is 13.7. The largest absolute Gasteiger partial charge is 0.450 e. The molecule has 1 N–H and O–H groups in total. The molecule has 1 aromatic heterocycles. The third-order valence-corrected chi connectivity index (χ3v) is 5.66. The summed E-state index contributed by atoms with van der Waals surface area (Å²) in [6, 6.07) is 2.20. The first kappa shape index (κ1) is 19.2. The van der Waals surface area contributed by atoms with E-state index in [2.05, 4.69) is 15.2 Å². The first-order valence-corrected chi connectivity index (χ1v) is 10.2. The van der Waals surface area contributed by atoms with Gasteiger partial charge in [0.25, 0.3) is 0 Å². The van der Waals surface area contributed by atoms with Crippen molar-refractivity contribution >= 4 is 17.9 Å². The molecule has 1 spiro atoms. The molecule has 3 fully saturated rings. The molecule has 1 amide bonds. The van der Waals surface area contributed by atoms with Gasteiger partial charge in [-0.15, -0.1) is 0 Å². The lowest BCUT2D eigenvalue weighted by Crippen LogP contribution is -2.45. The topological polar surface area (TPSA) is 89.1 Å². The lowest BCUT2D eigenvalue weighted by atomic mass is 10.0. The molecule has 0 radical (unpaired) electrons. The van der Waals surface area contributed by atoms with Gasteiger partial charge in [0.15, 0.2) is 5.79 Å². The number of carbonyl (C=O) groups excluding carboxylic acids is 1. The Morgan fingerprint density at radius 1 is 1.25 bits per heavy atom. The Balaban J connectivity index is 1.29. The summed E-state index contributed by atoms with van der Waals surface area (Å²) in [5.41, 5.74) is 0.